The lowest BCUT2D eigenvalue weighted by atomic mass is 9.85. The number of carbonyl (C=O) groups excluding carboxylic acids is 1. The molecule has 29 heavy (non-hydrogen) atoms. The molecule has 7 nitrogen and oxygen atoms in total. The topological polar surface area (TPSA) is 92.9 Å². The number of nitrogens with zero attached hydrogens (tertiary/aromatic N) is 3. The highest BCUT2D eigenvalue weighted by atomic mass is 19.1. The first-order valence-electron chi connectivity index (χ1n) is 9.91. The van der Waals surface area contributed by atoms with Gasteiger partial charge in [0, 0.05) is 42.6 Å². The summed E-state index contributed by atoms with van der Waals surface area (Å²) >= 11 is 0. The summed E-state index contributed by atoms with van der Waals surface area (Å²) in [6.07, 6.45) is 8.39. The highest BCUT2D eigenvalue weighted by Crippen LogP contribution is 2.27. The standard InChI is InChI=1S/C21H24FN5O2/c1-13-24-12-19(29-13)16-8-15-9-20(26-11-18(15)25-10-16)27-21(28)14-2-4-17(5-3-14)23-7-6-22/h8-12,14,17,23H,2-7H2,1H3,(H,26,27,28)/t14-,17-. The highest BCUT2D eigenvalue weighted by molar-refractivity contribution is 5.94. The highest BCUT2D eigenvalue weighted by Gasteiger charge is 2.26. The van der Waals surface area contributed by atoms with Crippen molar-refractivity contribution in [2.24, 2.45) is 5.92 Å². The SMILES string of the molecule is Cc1ncc(-c2cnc3cnc(NC(=O)[C@H]4CC[C@H](NCCF)CC4)cc3c2)o1. The lowest BCUT2D eigenvalue weighted by Gasteiger charge is -2.28. The van der Waals surface area contributed by atoms with Crippen molar-refractivity contribution >= 4 is 22.6 Å². The maximum Gasteiger partial charge on any atom is 0.228 e. The Morgan fingerprint density at radius 2 is 1.97 bits per heavy atom. The smallest absolute Gasteiger partial charge is 0.228 e. The van der Waals surface area contributed by atoms with Crippen LogP contribution in [0.15, 0.2) is 35.1 Å². The van der Waals surface area contributed by atoms with E-state index in [4.69, 9.17) is 4.42 Å². The molecule has 0 radical (unpaired) electrons. The van der Waals surface area contributed by atoms with Crippen LogP contribution in [-0.4, -0.2) is 40.1 Å². The van der Waals surface area contributed by atoms with Gasteiger partial charge in [-0.15, -0.1) is 0 Å². The summed E-state index contributed by atoms with van der Waals surface area (Å²) in [5.74, 6) is 1.69. The number of anilines is 1. The van der Waals surface area contributed by atoms with Crippen LogP contribution in [0.2, 0.25) is 0 Å². The minimum Gasteiger partial charge on any atom is -0.441 e. The Hall–Kier alpha value is -2.87. The Balaban J connectivity index is 1.43. The Morgan fingerprint density at radius 3 is 2.69 bits per heavy atom. The molecular weight excluding hydrogens is 373 g/mol. The third-order valence-corrected chi connectivity index (χ3v) is 5.35. The van der Waals surface area contributed by atoms with Gasteiger partial charge in [-0.2, -0.15) is 0 Å². The van der Waals surface area contributed by atoms with Crippen molar-refractivity contribution in [1.82, 2.24) is 20.3 Å². The number of hydrogen-bond donors (Lipinski definition) is 2. The summed E-state index contributed by atoms with van der Waals surface area (Å²) in [6, 6.07) is 4.07. The van der Waals surface area contributed by atoms with Gasteiger partial charge in [-0.1, -0.05) is 0 Å². The van der Waals surface area contributed by atoms with Gasteiger partial charge in [0.2, 0.25) is 5.91 Å². The molecule has 1 fully saturated rings. The van der Waals surface area contributed by atoms with Crippen LogP contribution in [-0.2, 0) is 4.79 Å². The maximum atomic E-state index is 12.6. The summed E-state index contributed by atoms with van der Waals surface area (Å²) in [5, 5.41) is 6.98. The lowest BCUT2D eigenvalue weighted by molar-refractivity contribution is -0.120. The first-order valence-corrected chi connectivity index (χ1v) is 9.91. The van der Waals surface area contributed by atoms with Gasteiger partial charge in [0.15, 0.2) is 11.7 Å². The van der Waals surface area contributed by atoms with Crippen molar-refractivity contribution in [3.63, 3.8) is 0 Å². The fourth-order valence-electron chi connectivity index (χ4n) is 3.78. The number of halogens is 1. The van der Waals surface area contributed by atoms with Crippen LogP contribution in [0.25, 0.3) is 22.2 Å². The third-order valence-electron chi connectivity index (χ3n) is 5.35. The summed E-state index contributed by atoms with van der Waals surface area (Å²) < 4.78 is 17.8. The summed E-state index contributed by atoms with van der Waals surface area (Å²) in [6.45, 7) is 1.81. The van der Waals surface area contributed by atoms with Crippen LogP contribution in [0.3, 0.4) is 0 Å². The van der Waals surface area contributed by atoms with E-state index >= 15 is 0 Å². The number of oxazole rings is 1. The number of amides is 1. The number of hydrogen-bond acceptors (Lipinski definition) is 6. The van der Waals surface area contributed by atoms with Gasteiger partial charge < -0.3 is 15.1 Å². The molecular formula is C21H24FN5O2. The van der Waals surface area contributed by atoms with Crippen molar-refractivity contribution in [2.45, 2.75) is 38.6 Å². The van der Waals surface area contributed by atoms with Crippen molar-refractivity contribution in [2.75, 3.05) is 18.5 Å². The molecule has 0 bridgehead atoms. The van der Waals surface area contributed by atoms with Crippen LogP contribution in [0.4, 0.5) is 10.2 Å². The van der Waals surface area contributed by atoms with Gasteiger partial charge >= 0.3 is 0 Å². The molecule has 0 saturated heterocycles. The first-order chi connectivity index (χ1) is 14.1. The first kappa shape index (κ1) is 19.4. The largest absolute Gasteiger partial charge is 0.441 e. The molecule has 0 aliphatic heterocycles. The van der Waals surface area contributed by atoms with Gasteiger partial charge in [0.05, 0.1) is 17.9 Å². The molecule has 0 aromatic carbocycles. The predicted molar refractivity (Wildman–Crippen MR) is 108 cm³/mol. The number of aromatic nitrogens is 3. The average molecular weight is 397 g/mol. The van der Waals surface area contributed by atoms with Crippen LogP contribution in [0.1, 0.15) is 31.6 Å². The molecule has 1 saturated carbocycles. The minimum atomic E-state index is -0.360. The lowest BCUT2D eigenvalue weighted by Crippen LogP contribution is -2.37. The molecule has 1 amide bonds. The van der Waals surface area contributed by atoms with Gasteiger partial charge in [-0.05, 0) is 37.8 Å². The van der Waals surface area contributed by atoms with Crippen molar-refractivity contribution in [3.8, 4) is 11.3 Å². The molecule has 0 atom stereocenters. The quantitative estimate of drug-likeness (QED) is 0.660. The average Bonchev–Trinajstić information content (AvgIpc) is 3.18. The Bertz CT molecular complexity index is 998. The second kappa shape index (κ2) is 8.65. The van der Waals surface area contributed by atoms with Crippen LogP contribution in [0, 0.1) is 12.8 Å². The van der Waals surface area contributed by atoms with E-state index in [0.29, 0.717) is 30.1 Å². The van der Waals surface area contributed by atoms with Gasteiger partial charge in [0.25, 0.3) is 0 Å². The number of rotatable bonds is 6. The fourth-order valence-corrected chi connectivity index (χ4v) is 3.78. The molecule has 8 heteroatoms. The molecule has 2 N–H and O–H groups in total. The third kappa shape index (κ3) is 4.59. The number of aryl methyl sites for hydroxylation is 1. The normalized spacial score (nSPS) is 19.4. The Morgan fingerprint density at radius 1 is 1.14 bits per heavy atom. The monoisotopic (exact) mass is 397 g/mol. The number of carbonyl (C=O) groups is 1. The zero-order valence-electron chi connectivity index (χ0n) is 16.3. The summed E-state index contributed by atoms with van der Waals surface area (Å²) in [5.41, 5.74) is 1.56. The van der Waals surface area contributed by atoms with E-state index in [1.54, 1.807) is 25.5 Å². The summed E-state index contributed by atoms with van der Waals surface area (Å²) in [4.78, 5) is 25.5. The van der Waals surface area contributed by atoms with Crippen molar-refractivity contribution in [1.29, 1.82) is 0 Å². The fraction of sp³-hybridized carbons (Fsp3) is 0.429. The summed E-state index contributed by atoms with van der Waals surface area (Å²) in [7, 11) is 0. The maximum absolute atomic E-state index is 12.6. The van der Waals surface area contributed by atoms with Crippen LogP contribution >= 0.6 is 0 Å². The molecule has 0 spiro atoms. The number of pyridine rings is 2. The van der Waals surface area contributed by atoms with Crippen LogP contribution in [0.5, 0.6) is 0 Å². The molecule has 1 aliphatic rings. The van der Waals surface area contributed by atoms with E-state index < -0.39 is 0 Å². The molecule has 4 rings (SSSR count). The van der Waals surface area contributed by atoms with Gasteiger partial charge in [0.1, 0.15) is 12.5 Å². The Labute approximate surface area is 168 Å². The molecule has 3 heterocycles. The number of alkyl halides is 1. The van der Waals surface area contributed by atoms with E-state index in [-0.39, 0.29) is 18.5 Å². The predicted octanol–water partition coefficient (Wildman–Crippen LogP) is 3.65. The Kier molecular flexibility index (Phi) is 5.80. The molecule has 3 aromatic rings. The minimum absolute atomic E-state index is 0.0178. The molecule has 152 valence electrons. The zero-order chi connectivity index (χ0) is 20.2. The van der Waals surface area contributed by atoms with E-state index in [1.807, 2.05) is 12.1 Å². The second-order valence-electron chi connectivity index (χ2n) is 7.41. The molecule has 1 aliphatic carbocycles. The second-order valence-corrected chi connectivity index (χ2v) is 7.41. The van der Waals surface area contributed by atoms with Gasteiger partial charge in [-0.3, -0.25) is 9.78 Å². The van der Waals surface area contributed by atoms with E-state index in [1.165, 1.54) is 0 Å². The molecule has 3 aromatic heterocycles. The van der Waals surface area contributed by atoms with Crippen molar-refractivity contribution in [3.05, 3.63) is 36.6 Å². The van der Waals surface area contributed by atoms with Crippen molar-refractivity contribution < 1.29 is 13.6 Å². The van der Waals surface area contributed by atoms with Gasteiger partial charge in [-0.25, -0.2) is 14.4 Å². The van der Waals surface area contributed by atoms with E-state index in [9.17, 15) is 9.18 Å². The number of nitrogens with one attached hydrogen (secondary N) is 2. The van der Waals surface area contributed by atoms with E-state index in [0.717, 1.165) is 42.1 Å². The van der Waals surface area contributed by atoms with E-state index in [2.05, 4.69) is 25.6 Å². The zero-order valence-corrected chi connectivity index (χ0v) is 16.3. The number of fused-ring (bicyclic) bond motifs is 1. The van der Waals surface area contributed by atoms with Crippen LogP contribution < -0.4 is 10.6 Å². The molecule has 0 unspecified atom stereocenters.